The highest BCUT2D eigenvalue weighted by atomic mass is 19.1. The number of carbonyl (C=O) groups is 2. The van der Waals surface area contributed by atoms with Crippen molar-refractivity contribution in [2.45, 2.75) is 12.6 Å². The summed E-state index contributed by atoms with van der Waals surface area (Å²) in [5, 5.41) is 10.9. The number of aromatic nitrogens is 1. The highest BCUT2D eigenvalue weighted by Gasteiger charge is 2.47. The maximum absolute atomic E-state index is 14.8. The van der Waals surface area contributed by atoms with Crippen molar-refractivity contribution in [2.75, 3.05) is 7.11 Å². The van der Waals surface area contributed by atoms with Gasteiger partial charge in [0.05, 0.1) is 18.7 Å². The van der Waals surface area contributed by atoms with Crippen LogP contribution in [-0.2, 0) is 16.1 Å². The number of pyridine rings is 1. The van der Waals surface area contributed by atoms with Crippen LogP contribution in [0.5, 0.6) is 5.75 Å². The van der Waals surface area contributed by atoms with Crippen molar-refractivity contribution in [1.82, 2.24) is 9.88 Å². The van der Waals surface area contributed by atoms with Crippen LogP contribution < -0.4 is 4.74 Å². The molecule has 1 fully saturated rings. The number of ether oxygens (including phenoxy) is 1. The molecule has 0 bridgehead atoms. The van der Waals surface area contributed by atoms with Crippen molar-refractivity contribution in [1.29, 1.82) is 0 Å². The number of Topliss-reactive ketones (excluding diaryl/α,β-unsaturated/α-hetero) is 1. The number of benzene rings is 2. The van der Waals surface area contributed by atoms with Gasteiger partial charge in [-0.05, 0) is 42.0 Å². The number of amides is 1. The van der Waals surface area contributed by atoms with Crippen molar-refractivity contribution < 1.29 is 28.2 Å². The molecule has 0 saturated carbocycles. The SMILES string of the molecule is COc1ccc(C(O)=C2C(=O)C(=O)N(Cc3ccncc3)[C@H]2c2ccccc2F)cc1F. The van der Waals surface area contributed by atoms with E-state index in [2.05, 4.69) is 4.98 Å². The predicted molar refractivity (Wildman–Crippen MR) is 111 cm³/mol. The zero-order valence-corrected chi connectivity index (χ0v) is 17.0. The summed E-state index contributed by atoms with van der Waals surface area (Å²) in [6.07, 6.45) is 3.06. The van der Waals surface area contributed by atoms with Gasteiger partial charge in [-0.1, -0.05) is 18.2 Å². The van der Waals surface area contributed by atoms with Crippen LogP contribution in [-0.4, -0.2) is 33.8 Å². The Morgan fingerprint density at radius 1 is 1.06 bits per heavy atom. The molecule has 162 valence electrons. The van der Waals surface area contributed by atoms with Crippen LogP contribution in [0.3, 0.4) is 0 Å². The van der Waals surface area contributed by atoms with Crippen molar-refractivity contribution in [2.24, 2.45) is 0 Å². The van der Waals surface area contributed by atoms with Crippen LogP contribution in [0.25, 0.3) is 5.76 Å². The lowest BCUT2D eigenvalue weighted by molar-refractivity contribution is -0.140. The molecule has 2 aromatic carbocycles. The summed E-state index contributed by atoms with van der Waals surface area (Å²) in [6, 6.07) is 11.4. The molecule has 1 atom stereocenters. The number of halogens is 2. The van der Waals surface area contributed by atoms with Crippen LogP contribution in [0, 0.1) is 11.6 Å². The molecular formula is C24H18F2N2O4. The van der Waals surface area contributed by atoms with Gasteiger partial charge in [-0.25, -0.2) is 8.78 Å². The summed E-state index contributed by atoms with van der Waals surface area (Å²) < 4.78 is 33.9. The number of aliphatic hydroxyl groups excluding tert-OH is 1. The van der Waals surface area contributed by atoms with Crippen LogP contribution in [0.2, 0.25) is 0 Å². The molecule has 1 N–H and O–H groups in total. The Bertz CT molecular complexity index is 1230. The van der Waals surface area contributed by atoms with E-state index in [1.165, 1.54) is 54.7 Å². The lowest BCUT2D eigenvalue weighted by Gasteiger charge is -2.25. The Kier molecular flexibility index (Phi) is 5.68. The van der Waals surface area contributed by atoms with Crippen molar-refractivity contribution >= 4 is 17.4 Å². The summed E-state index contributed by atoms with van der Waals surface area (Å²) in [5.41, 5.74) is 0.347. The third kappa shape index (κ3) is 3.71. The molecule has 0 aliphatic carbocycles. The Morgan fingerprint density at radius 3 is 2.44 bits per heavy atom. The highest BCUT2D eigenvalue weighted by molar-refractivity contribution is 6.46. The van der Waals surface area contributed by atoms with Crippen molar-refractivity contribution in [3.8, 4) is 5.75 Å². The second-order valence-electron chi connectivity index (χ2n) is 7.15. The fourth-order valence-electron chi connectivity index (χ4n) is 3.72. The number of likely N-dealkylation sites (tertiary alicyclic amines) is 1. The summed E-state index contributed by atoms with van der Waals surface area (Å²) in [5.74, 6) is -3.94. The summed E-state index contributed by atoms with van der Waals surface area (Å²) in [4.78, 5) is 31.0. The highest BCUT2D eigenvalue weighted by Crippen LogP contribution is 2.41. The summed E-state index contributed by atoms with van der Waals surface area (Å²) in [6.45, 7) is -0.0140. The fourth-order valence-corrected chi connectivity index (χ4v) is 3.72. The fraction of sp³-hybridized carbons (Fsp3) is 0.125. The first kappa shape index (κ1) is 21.2. The quantitative estimate of drug-likeness (QED) is 0.372. The number of rotatable bonds is 5. The van der Waals surface area contributed by atoms with Gasteiger partial charge in [0.25, 0.3) is 11.7 Å². The first-order valence-corrected chi connectivity index (χ1v) is 9.68. The number of hydrogen-bond donors (Lipinski definition) is 1. The van der Waals surface area contributed by atoms with Gasteiger partial charge in [0.15, 0.2) is 11.6 Å². The molecule has 3 aromatic rings. The molecule has 0 radical (unpaired) electrons. The smallest absolute Gasteiger partial charge is 0.295 e. The molecule has 2 heterocycles. The number of methoxy groups -OCH3 is 1. The standard InChI is InChI=1S/C24H18F2N2O4/c1-32-19-7-6-15(12-18(19)26)22(29)20-21(16-4-2-3-5-17(16)25)28(24(31)23(20)30)13-14-8-10-27-11-9-14/h2-12,21,29H,13H2,1H3/t21-/m0/s1. The second kappa shape index (κ2) is 8.58. The minimum atomic E-state index is -1.20. The monoisotopic (exact) mass is 436 g/mol. The van der Waals surface area contributed by atoms with E-state index in [1.54, 1.807) is 18.2 Å². The number of hydrogen-bond acceptors (Lipinski definition) is 5. The van der Waals surface area contributed by atoms with Crippen LogP contribution in [0.15, 0.2) is 72.6 Å². The van der Waals surface area contributed by atoms with Crippen LogP contribution >= 0.6 is 0 Å². The Labute approximate surface area is 182 Å². The van der Waals surface area contributed by atoms with E-state index in [-0.39, 0.29) is 29.0 Å². The minimum Gasteiger partial charge on any atom is -0.507 e. The lowest BCUT2D eigenvalue weighted by atomic mass is 9.94. The Balaban J connectivity index is 1.89. The first-order valence-electron chi connectivity index (χ1n) is 9.68. The third-order valence-corrected chi connectivity index (χ3v) is 5.27. The van der Waals surface area contributed by atoms with Gasteiger partial charge in [-0.3, -0.25) is 14.6 Å². The van der Waals surface area contributed by atoms with Gasteiger partial charge in [-0.15, -0.1) is 0 Å². The normalized spacial score (nSPS) is 17.6. The first-order chi connectivity index (χ1) is 15.4. The molecule has 6 nitrogen and oxygen atoms in total. The molecule has 0 unspecified atom stereocenters. The Morgan fingerprint density at radius 2 is 1.78 bits per heavy atom. The van der Waals surface area contributed by atoms with Crippen molar-refractivity contribution in [3.05, 3.63) is 101 Å². The van der Waals surface area contributed by atoms with E-state index in [1.807, 2.05) is 0 Å². The molecule has 1 saturated heterocycles. The molecule has 4 rings (SSSR count). The molecule has 0 spiro atoms. The van der Waals surface area contributed by atoms with Gasteiger partial charge in [0.1, 0.15) is 11.6 Å². The van der Waals surface area contributed by atoms with Gasteiger partial charge >= 0.3 is 0 Å². The van der Waals surface area contributed by atoms with E-state index >= 15 is 0 Å². The van der Waals surface area contributed by atoms with E-state index in [4.69, 9.17) is 4.74 Å². The molecule has 1 amide bonds. The maximum atomic E-state index is 14.8. The van der Waals surface area contributed by atoms with Gasteiger partial charge in [-0.2, -0.15) is 0 Å². The van der Waals surface area contributed by atoms with Gasteiger partial charge < -0.3 is 14.7 Å². The second-order valence-corrected chi connectivity index (χ2v) is 7.15. The van der Waals surface area contributed by atoms with E-state index < -0.39 is 35.1 Å². The lowest BCUT2D eigenvalue weighted by Crippen LogP contribution is -2.29. The molecule has 1 aliphatic heterocycles. The zero-order chi connectivity index (χ0) is 22.8. The molecule has 1 aromatic heterocycles. The topological polar surface area (TPSA) is 79.7 Å². The summed E-state index contributed by atoms with van der Waals surface area (Å²) >= 11 is 0. The molecular weight excluding hydrogens is 418 g/mol. The minimum absolute atomic E-state index is 0.0140. The third-order valence-electron chi connectivity index (χ3n) is 5.27. The van der Waals surface area contributed by atoms with Crippen LogP contribution in [0.4, 0.5) is 8.78 Å². The van der Waals surface area contributed by atoms with Gasteiger partial charge in [0.2, 0.25) is 0 Å². The van der Waals surface area contributed by atoms with Crippen LogP contribution in [0.1, 0.15) is 22.7 Å². The maximum Gasteiger partial charge on any atom is 0.295 e. The van der Waals surface area contributed by atoms with Crippen molar-refractivity contribution in [3.63, 3.8) is 0 Å². The Hall–Kier alpha value is -4.07. The number of ketones is 1. The van der Waals surface area contributed by atoms with E-state index in [9.17, 15) is 23.5 Å². The number of nitrogens with zero attached hydrogens (tertiary/aromatic N) is 2. The van der Waals surface area contributed by atoms with Gasteiger partial charge in [0, 0.05) is 30.1 Å². The number of aliphatic hydroxyl groups is 1. The zero-order valence-electron chi connectivity index (χ0n) is 17.0. The number of carbonyl (C=O) groups excluding carboxylic acids is 2. The van der Waals surface area contributed by atoms with E-state index in [0.717, 1.165) is 6.07 Å². The van der Waals surface area contributed by atoms with E-state index in [0.29, 0.717) is 5.56 Å². The molecule has 8 heteroatoms. The average molecular weight is 436 g/mol. The molecule has 1 aliphatic rings. The summed E-state index contributed by atoms with van der Waals surface area (Å²) in [7, 11) is 1.29. The molecule has 32 heavy (non-hydrogen) atoms. The largest absolute Gasteiger partial charge is 0.507 e. The predicted octanol–water partition coefficient (Wildman–Crippen LogP) is 3.99. The average Bonchev–Trinajstić information content (AvgIpc) is 3.04.